The van der Waals surface area contributed by atoms with Crippen molar-refractivity contribution in [3.05, 3.63) is 28.2 Å². The van der Waals surface area contributed by atoms with Gasteiger partial charge in [0.25, 0.3) is 0 Å². The fraction of sp³-hybridized carbons (Fsp3) is 0.455. The molecule has 1 aliphatic rings. The molecule has 8 heteroatoms. The van der Waals surface area contributed by atoms with Gasteiger partial charge in [-0.25, -0.2) is 13.1 Å². The van der Waals surface area contributed by atoms with Crippen LogP contribution in [0.1, 0.15) is 0 Å². The first-order valence-corrected chi connectivity index (χ1v) is 7.99. The number of hydrogen-bond acceptors (Lipinski definition) is 4. The number of morpholine rings is 1. The molecule has 0 bridgehead atoms. The normalized spacial score (nSPS) is 20.4. The molecule has 0 saturated carbocycles. The summed E-state index contributed by atoms with van der Waals surface area (Å²) in [6.45, 7) is 2.04. The average molecular weight is 325 g/mol. The van der Waals surface area contributed by atoms with Crippen LogP contribution in [0, 0.1) is 0 Å². The monoisotopic (exact) mass is 324 g/mol. The zero-order valence-electron chi connectivity index (χ0n) is 10.0. The topological polar surface area (TPSA) is 67.4 Å². The quantitative estimate of drug-likeness (QED) is 0.875. The lowest BCUT2D eigenvalue weighted by Crippen LogP contribution is -2.48. The van der Waals surface area contributed by atoms with Gasteiger partial charge in [0, 0.05) is 19.1 Å². The summed E-state index contributed by atoms with van der Waals surface area (Å²) < 4.78 is 32.1. The van der Waals surface area contributed by atoms with Crippen LogP contribution in [0.15, 0.2) is 23.1 Å². The molecule has 2 rings (SSSR count). The first kappa shape index (κ1) is 15.0. The molecule has 5 nitrogen and oxygen atoms in total. The van der Waals surface area contributed by atoms with E-state index in [4.69, 9.17) is 27.9 Å². The number of benzene rings is 1. The fourth-order valence-electron chi connectivity index (χ4n) is 1.77. The Morgan fingerprint density at radius 2 is 2.05 bits per heavy atom. The predicted octanol–water partition coefficient (Wildman–Crippen LogP) is 1.26. The van der Waals surface area contributed by atoms with Crippen molar-refractivity contribution in [2.24, 2.45) is 0 Å². The van der Waals surface area contributed by atoms with Gasteiger partial charge in [-0.2, -0.15) is 0 Å². The summed E-state index contributed by atoms with van der Waals surface area (Å²) in [6.07, 6.45) is 0. The fourth-order valence-corrected chi connectivity index (χ4v) is 3.99. The van der Waals surface area contributed by atoms with Crippen molar-refractivity contribution in [2.45, 2.75) is 10.9 Å². The third kappa shape index (κ3) is 3.81. The lowest BCUT2D eigenvalue weighted by Gasteiger charge is -2.24. The third-order valence-electron chi connectivity index (χ3n) is 2.71. The van der Waals surface area contributed by atoms with Gasteiger partial charge in [0.2, 0.25) is 10.0 Å². The Hall–Kier alpha value is -0.370. The van der Waals surface area contributed by atoms with Crippen LogP contribution in [0.2, 0.25) is 10.0 Å². The molecule has 0 radical (unpaired) electrons. The molecule has 0 aromatic heterocycles. The van der Waals surface area contributed by atoms with Crippen LogP contribution < -0.4 is 10.0 Å². The minimum Gasteiger partial charge on any atom is -0.378 e. The van der Waals surface area contributed by atoms with Crippen LogP contribution >= 0.6 is 23.2 Å². The van der Waals surface area contributed by atoms with Crippen molar-refractivity contribution in [2.75, 3.05) is 26.3 Å². The molecule has 1 atom stereocenters. The predicted molar refractivity (Wildman–Crippen MR) is 74.3 cm³/mol. The van der Waals surface area contributed by atoms with E-state index in [1.165, 1.54) is 12.1 Å². The molecule has 1 fully saturated rings. The maximum atomic E-state index is 12.2. The zero-order chi connectivity index (χ0) is 13.9. The molecule has 1 saturated heterocycles. The molecule has 1 unspecified atom stereocenters. The van der Waals surface area contributed by atoms with E-state index in [0.717, 1.165) is 0 Å². The molecule has 1 aromatic carbocycles. The van der Waals surface area contributed by atoms with Crippen molar-refractivity contribution in [3.63, 3.8) is 0 Å². The summed E-state index contributed by atoms with van der Waals surface area (Å²) >= 11 is 11.8. The Morgan fingerprint density at radius 1 is 1.37 bits per heavy atom. The van der Waals surface area contributed by atoms with Crippen LogP contribution in [0.3, 0.4) is 0 Å². The van der Waals surface area contributed by atoms with Gasteiger partial charge in [0.15, 0.2) is 0 Å². The molecule has 19 heavy (non-hydrogen) atoms. The highest BCUT2D eigenvalue weighted by Crippen LogP contribution is 2.28. The van der Waals surface area contributed by atoms with Gasteiger partial charge in [-0.1, -0.05) is 29.3 Å². The van der Waals surface area contributed by atoms with E-state index in [1.807, 2.05) is 0 Å². The van der Waals surface area contributed by atoms with Crippen molar-refractivity contribution in [3.8, 4) is 0 Å². The average Bonchev–Trinajstić information content (AvgIpc) is 2.37. The highest BCUT2D eigenvalue weighted by Gasteiger charge is 2.23. The van der Waals surface area contributed by atoms with Gasteiger partial charge in [0.05, 0.1) is 23.3 Å². The van der Waals surface area contributed by atoms with Crippen LogP contribution in [0.5, 0.6) is 0 Å². The van der Waals surface area contributed by atoms with E-state index < -0.39 is 10.0 Å². The minimum atomic E-state index is -3.73. The number of rotatable bonds is 4. The molecule has 1 aromatic rings. The molecule has 0 aliphatic carbocycles. The van der Waals surface area contributed by atoms with Crippen LogP contribution in [-0.4, -0.2) is 40.8 Å². The number of hydrogen-bond donors (Lipinski definition) is 2. The maximum absolute atomic E-state index is 12.2. The first-order valence-electron chi connectivity index (χ1n) is 5.75. The zero-order valence-corrected chi connectivity index (χ0v) is 12.4. The molecule has 1 heterocycles. The second-order valence-corrected chi connectivity index (χ2v) is 6.65. The van der Waals surface area contributed by atoms with E-state index in [1.54, 1.807) is 6.07 Å². The summed E-state index contributed by atoms with van der Waals surface area (Å²) in [5.74, 6) is 0. The summed E-state index contributed by atoms with van der Waals surface area (Å²) in [7, 11) is -3.73. The smallest absolute Gasteiger partial charge is 0.243 e. The Labute approximate surface area is 122 Å². The largest absolute Gasteiger partial charge is 0.378 e. The van der Waals surface area contributed by atoms with Crippen molar-refractivity contribution >= 4 is 33.2 Å². The van der Waals surface area contributed by atoms with E-state index in [9.17, 15) is 8.42 Å². The molecule has 1 aliphatic heterocycles. The molecule has 106 valence electrons. The van der Waals surface area contributed by atoms with Crippen LogP contribution in [-0.2, 0) is 14.8 Å². The van der Waals surface area contributed by atoms with Gasteiger partial charge < -0.3 is 10.1 Å². The number of halogens is 2. The highest BCUT2D eigenvalue weighted by molar-refractivity contribution is 7.89. The number of nitrogens with one attached hydrogen (secondary N) is 2. The molecule has 2 N–H and O–H groups in total. The Morgan fingerprint density at radius 3 is 2.63 bits per heavy atom. The minimum absolute atomic E-state index is 0.0511. The Bertz CT molecular complexity index is 525. The Kier molecular flexibility index (Phi) is 5.05. The summed E-state index contributed by atoms with van der Waals surface area (Å²) in [5, 5.41) is 3.36. The molecular weight excluding hydrogens is 311 g/mol. The molecular formula is C11H14Cl2N2O3S. The second-order valence-electron chi connectivity index (χ2n) is 4.13. The first-order chi connectivity index (χ1) is 9.00. The van der Waals surface area contributed by atoms with Gasteiger partial charge in [-0.05, 0) is 12.1 Å². The SMILES string of the molecule is O=S(=O)(NCC1COCCN1)c1c(Cl)cccc1Cl. The van der Waals surface area contributed by atoms with Crippen molar-refractivity contribution in [1.29, 1.82) is 0 Å². The number of sulfonamides is 1. The van der Waals surface area contributed by atoms with Crippen molar-refractivity contribution < 1.29 is 13.2 Å². The van der Waals surface area contributed by atoms with Gasteiger partial charge in [0.1, 0.15) is 4.90 Å². The maximum Gasteiger partial charge on any atom is 0.243 e. The van der Waals surface area contributed by atoms with E-state index in [2.05, 4.69) is 10.0 Å². The highest BCUT2D eigenvalue weighted by atomic mass is 35.5. The lowest BCUT2D eigenvalue weighted by molar-refractivity contribution is 0.0784. The second kappa shape index (κ2) is 6.39. The third-order valence-corrected chi connectivity index (χ3v) is 5.08. The Balaban J connectivity index is 2.09. The summed E-state index contributed by atoms with van der Waals surface area (Å²) in [4.78, 5) is -0.0879. The van der Waals surface area contributed by atoms with E-state index in [0.29, 0.717) is 19.8 Å². The van der Waals surface area contributed by atoms with E-state index >= 15 is 0 Å². The summed E-state index contributed by atoms with van der Waals surface area (Å²) in [5.41, 5.74) is 0. The van der Waals surface area contributed by atoms with Crippen LogP contribution in [0.25, 0.3) is 0 Å². The van der Waals surface area contributed by atoms with Crippen molar-refractivity contribution in [1.82, 2.24) is 10.0 Å². The summed E-state index contributed by atoms with van der Waals surface area (Å²) in [6, 6.07) is 4.53. The van der Waals surface area contributed by atoms with Gasteiger partial charge in [-0.15, -0.1) is 0 Å². The van der Waals surface area contributed by atoms with Gasteiger partial charge >= 0.3 is 0 Å². The number of ether oxygens (including phenoxy) is 1. The van der Waals surface area contributed by atoms with Crippen LogP contribution in [0.4, 0.5) is 0 Å². The molecule has 0 spiro atoms. The lowest BCUT2D eigenvalue weighted by atomic mass is 10.3. The molecule has 0 amide bonds. The van der Waals surface area contributed by atoms with E-state index in [-0.39, 0.29) is 27.5 Å². The standard InChI is InChI=1S/C11H14Cl2N2O3S/c12-9-2-1-3-10(13)11(9)19(16,17)15-6-8-7-18-5-4-14-8/h1-3,8,14-15H,4-7H2. The van der Waals surface area contributed by atoms with Gasteiger partial charge in [-0.3, -0.25) is 0 Å².